The molecule has 0 saturated carbocycles. The molecule has 0 saturated heterocycles. The summed E-state index contributed by atoms with van der Waals surface area (Å²) in [5.74, 6) is 1.45. The molecule has 0 spiro atoms. The number of fused-ring (bicyclic) bond motifs is 1. The molecule has 1 unspecified atom stereocenters. The van der Waals surface area contributed by atoms with E-state index in [0.717, 1.165) is 23.4 Å². The van der Waals surface area contributed by atoms with E-state index in [1.165, 1.54) is 5.39 Å². The van der Waals surface area contributed by atoms with E-state index in [9.17, 15) is 0 Å². The number of rotatable bonds is 3. The van der Waals surface area contributed by atoms with E-state index < -0.39 is 0 Å². The highest BCUT2D eigenvalue weighted by molar-refractivity contribution is 6.07. The number of hydrogen-bond acceptors (Lipinski definition) is 2. The Morgan fingerprint density at radius 3 is 3.06 bits per heavy atom. The van der Waals surface area contributed by atoms with Crippen LogP contribution in [0.25, 0.3) is 10.9 Å². The fourth-order valence-corrected chi connectivity index (χ4v) is 2.48. The smallest absolute Gasteiger partial charge is 0.218 e. The highest BCUT2D eigenvalue weighted by Crippen LogP contribution is 2.23. The Morgan fingerprint density at radius 2 is 2.22 bits per heavy atom. The summed E-state index contributed by atoms with van der Waals surface area (Å²) >= 11 is 0. The van der Waals surface area contributed by atoms with Gasteiger partial charge in [0.15, 0.2) is 0 Å². The molecule has 18 heavy (non-hydrogen) atoms. The van der Waals surface area contributed by atoms with Crippen molar-refractivity contribution >= 4 is 16.8 Å². The van der Waals surface area contributed by atoms with E-state index in [0.29, 0.717) is 18.6 Å². The van der Waals surface area contributed by atoms with Gasteiger partial charge in [0.25, 0.3) is 0 Å². The van der Waals surface area contributed by atoms with Crippen LogP contribution >= 0.6 is 0 Å². The lowest BCUT2D eigenvalue weighted by Crippen LogP contribution is -2.09. The molecule has 1 aromatic carbocycles. The average Bonchev–Trinajstić information content (AvgIpc) is 2.94. The maximum Gasteiger partial charge on any atom is 0.218 e. The van der Waals surface area contributed by atoms with Gasteiger partial charge in [-0.25, -0.2) is 4.99 Å². The van der Waals surface area contributed by atoms with E-state index in [2.05, 4.69) is 31.0 Å². The largest absolute Gasteiger partial charge is 0.475 e. The summed E-state index contributed by atoms with van der Waals surface area (Å²) < 4.78 is 5.75. The zero-order chi connectivity index (χ0) is 12.5. The topological polar surface area (TPSA) is 37.4 Å². The number of ether oxygens (including phenoxy) is 1. The first-order chi connectivity index (χ1) is 8.74. The molecular weight excluding hydrogens is 224 g/mol. The number of hydrogen-bond donors (Lipinski definition) is 1. The third kappa shape index (κ3) is 2.01. The summed E-state index contributed by atoms with van der Waals surface area (Å²) in [6, 6.07) is 8.55. The van der Waals surface area contributed by atoms with Crippen LogP contribution in [-0.4, -0.2) is 23.5 Å². The van der Waals surface area contributed by atoms with Crippen LogP contribution < -0.4 is 0 Å². The Bertz CT molecular complexity index is 583. The molecule has 3 rings (SSSR count). The number of nitrogens with one attached hydrogen (secondary N) is 1. The number of aromatic amines is 1. The van der Waals surface area contributed by atoms with Gasteiger partial charge in [-0.1, -0.05) is 32.0 Å². The van der Waals surface area contributed by atoms with Crippen LogP contribution in [0.4, 0.5) is 0 Å². The van der Waals surface area contributed by atoms with Crippen molar-refractivity contribution in [3.63, 3.8) is 0 Å². The SMILES string of the molecule is CC(C)CC1COC(c2c[nH]c3ccccc23)=N1. The van der Waals surface area contributed by atoms with Gasteiger partial charge in [-0.3, -0.25) is 0 Å². The molecule has 1 aromatic heterocycles. The minimum Gasteiger partial charge on any atom is -0.475 e. The van der Waals surface area contributed by atoms with Crippen molar-refractivity contribution in [2.75, 3.05) is 6.61 Å². The van der Waals surface area contributed by atoms with Crippen LogP contribution in [0, 0.1) is 5.92 Å². The first-order valence-electron chi connectivity index (χ1n) is 6.51. The van der Waals surface area contributed by atoms with Crippen molar-refractivity contribution in [1.82, 2.24) is 4.98 Å². The molecule has 2 heterocycles. The van der Waals surface area contributed by atoms with Crippen LogP contribution in [-0.2, 0) is 4.74 Å². The third-order valence-corrected chi connectivity index (χ3v) is 3.28. The highest BCUT2D eigenvalue weighted by Gasteiger charge is 2.22. The van der Waals surface area contributed by atoms with Gasteiger partial charge in [0.05, 0.1) is 11.6 Å². The van der Waals surface area contributed by atoms with Gasteiger partial charge in [0.2, 0.25) is 5.90 Å². The zero-order valence-corrected chi connectivity index (χ0v) is 10.8. The molecule has 1 N–H and O–H groups in total. The predicted molar refractivity (Wildman–Crippen MR) is 74.0 cm³/mol. The molecular formula is C15H18N2O. The molecule has 2 aromatic rings. The molecule has 1 aliphatic rings. The molecule has 0 radical (unpaired) electrons. The molecule has 3 heteroatoms. The quantitative estimate of drug-likeness (QED) is 0.880. The summed E-state index contributed by atoms with van der Waals surface area (Å²) in [5.41, 5.74) is 2.21. The second-order valence-electron chi connectivity index (χ2n) is 5.28. The van der Waals surface area contributed by atoms with E-state index >= 15 is 0 Å². The lowest BCUT2D eigenvalue weighted by atomic mass is 10.1. The second kappa shape index (κ2) is 4.48. The van der Waals surface area contributed by atoms with Crippen molar-refractivity contribution < 1.29 is 4.74 Å². The van der Waals surface area contributed by atoms with Gasteiger partial charge in [0, 0.05) is 17.1 Å². The summed E-state index contributed by atoms with van der Waals surface area (Å²) in [6.07, 6.45) is 3.08. The number of nitrogens with zero attached hydrogens (tertiary/aromatic N) is 1. The normalized spacial score (nSPS) is 19.3. The molecule has 0 amide bonds. The van der Waals surface area contributed by atoms with E-state index in [1.54, 1.807) is 0 Å². The lowest BCUT2D eigenvalue weighted by molar-refractivity contribution is 0.301. The average molecular weight is 242 g/mol. The van der Waals surface area contributed by atoms with Gasteiger partial charge in [-0.15, -0.1) is 0 Å². The number of benzene rings is 1. The van der Waals surface area contributed by atoms with E-state index in [-0.39, 0.29) is 0 Å². The lowest BCUT2D eigenvalue weighted by Gasteiger charge is -2.06. The highest BCUT2D eigenvalue weighted by atomic mass is 16.5. The van der Waals surface area contributed by atoms with Crippen LogP contribution in [0.1, 0.15) is 25.8 Å². The minimum atomic E-state index is 0.314. The second-order valence-corrected chi connectivity index (χ2v) is 5.28. The maximum absolute atomic E-state index is 5.75. The molecule has 0 aliphatic carbocycles. The maximum atomic E-state index is 5.75. The zero-order valence-electron chi connectivity index (χ0n) is 10.8. The number of aromatic nitrogens is 1. The van der Waals surface area contributed by atoms with E-state index in [1.807, 2.05) is 18.3 Å². The van der Waals surface area contributed by atoms with Crippen molar-refractivity contribution in [1.29, 1.82) is 0 Å². The van der Waals surface area contributed by atoms with Crippen molar-refractivity contribution in [2.45, 2.75) is 26.3 Å². The van der Waals surface area contributed by atoms with Gasteiger partial charge >= 0.3 is 0 Å². The first kappa shape index (κ1) is 11.3. The predicted octanol–water partition coefficient (Wildman–Crippen LogP) is 3.36. The monoisotopic (exact) mass is 242 g/mol. The van der Waals surface area contributed by atoms with E-state index in [4.69, 9.17) is 9.73 Å². The van der Waals surface area contributed by atoms with Crippen molar-refractivity contribution in [3.8, 4) is 0 Å². The van der Waals surface area contributed by atoms with Crippen molar-refractivity contribution in [2.24, 2.45) is 10.9 Å². The first-order valence-corrected chi connectivity index (χ1v) is 6.51. The molecule has 94 valence electrons. The van der Waals surface area contributed by atoms with Crippen LogP contribution in [0.3, 0.4) is 0 Å². The Labute approximate surface area is 107 Å². The summed E-state index contributed by atoms with van der Waals surface area (Å²) in [5, 5.41) is 1.18. The van der Waals surface area contributed by atoms with Crippen molar-refractivity contribution in [3.05, 3.63) is 36.0 Å². The Hall–Kier alpha value is -1.77. The summed E-state index contributed by atoms with van der Waals surface area (Å²) in [4.78, 5) is 7.96. The number of H-pyrrole nitrogens is 1. The Balaban J connectivity index is 1.91. The summed E-state index contributed by atoms with van der Waals surface area (Å²) in [6.45, 7) is 5.16. The fraction of sp³-hybridized carbons (Fsp3) is 0.400. The Morgan fingerprint density at radius 1 is 1.39 bits per heavy atom. The third-order valence-electron chi connectivity index (χ3n) is 3.28. The number of para-hydroxylation sites is 1. The molecule has 0 bridgehead atoms. The fourth-order valence-electron chi connectivity index (χ4n) is 2.48. The molecule has 0 fully saturated rings. The van der Waals surface area contributed by atoms with Gasteiger partial charge < -0.3 is 9.72 Å². The molecule has 1 aliphatic heterocycles. The van der Waals surface area contributed by atoms with Gasteiger partial charge in [-0.05, 0) is 18.4 Å². The standard InChI is InChI=1S/C15H18N2O/c1-10(2)7-11-9-18-15(17-11)13-8-16-14-6-4-3-5-12(13)14/h3-6,8,10-11,16H,7,9H2,1-2H3. The number of aliphatic imine (C=N–C) groups is 1. The van der Waals surface area contributed by atoms with Gasteiger partial charge in [0.1, 0.15) is 6.61 Å². The van der Waals surface area contributed by atoms with Crippen LogP contribution in [0.15, 0.2) is 35.5 Å². The molecule has 3 nitrogen and oxygen atoms in total. The summed E-state index contributed by atoms with van der Waals surface area (Å²) in [7, 11) is 0. The van der Waals surface area contributed by atoms with Crippen LogP contribution in [0.5, 0.6) is 0 Å². The molecule has 1 atom stereocenters. The van der Waals surface area contributed by atoms with Gasteiger partial charge in [-0.2, -0.15) is 0 Å². The minimum absolute atomic E-state index is 0.314. The van der Waals surface area contributed by atoms with Crippen LogP contribution in [0.2, 0.25) is 0 Å². The Kier molecular flexibility index (Phi) is 2.82.